The standard InChI is InChI=1S/C13H17FO3/c1-4-10-11(14)6-9(7-12(10)17-3)5-8(2)13(15)16/h6-8H,4-5H2,1-3H3,(H,15,16). The zero-order valence-electron chi connectivity index (χ0n) is 10.3. The summed E-state index contributed by atoms with van der Waals surface area (Å²) in [6.45, 7) is 3.45. The average molecular weight is 240 g/mol. The van der Waals surface area contributed by atoms with Gasteiger partial charge in [0.2, 0.25) is 0 Å². The van der Waals surface area contributed by atoms with Gasteiger partial charge in [0.05, 0.1) is 13.0 Å². The van der Waals surface area contributed by atoms with E-state index in [4.69, 9.17) is 9.84 Å². The molecule has 4 heteroatoms. The van der Waals surface area contributed by atoms with E-state index >= 15 is 0 Å². The predicted octanol–water partition coefficient (Wildman–Crippen LogP) is 2.66. The van der Waals surface area contributed by atoms with E-state index in [2.05, 4.69) is 0 Å². The molecule has 3 nitrogen and oxygen atoms in total. The molecule has 0 spiro atoms. The first-order chi connectivity index (χ1) is 7.99. The van der Waals surface area contributed by atoms with E-state index in [1.807, 2.05) is 6.92 Å². The van der Waals surface area contributed by atoms with Crippen molar-refractivity contribution in [2.24, 2.45) is 5.92 Å². The zero-order valence-corrected chi connectivity index (χ0v) is 10.3. The first-order valence-corrected chi connectivity index (χ1v) is 5.57. The van der Waals surface area contributed by atoms with Gasteiger partial charge < -0.3 is 9.84 Å². The smallest absolute Gasteiger partial charge is 0.306 e. The van der Waals surface area contributed by atoms with Gasteiger partial charge in [0.25, 0.3) is 0 Å². The molecule has 1 atom stereocenters. The van der Waals surface area contributed by atoms with Crippen molar-refractivity contribution in [2.75, 3.05) is 7.11 Å². The average Bonchev–Trinajstić information content (AvgIpc) is 2.27. The van der Waals surface area contributed by atoms with Crippen LogP contribution >= 0.6 is 0 Å². The number of carbonyl (C=O) groups is 1. The van der Waals surface area contributed by atoms with Gasteiger partial charge in [-0.25, -0.2) is 4.39 Å². The molecule has 17 heavy (non-hydrogen) atoms. The molecule has 0 aliphatic rings. The molecule has 0 amide bonds. The zero-order chi connectivity index (χ0) is 13.0. The molecule has 0 saturated carbocycles. The third-order valence-corrected chi connectivity index (χ3v) is 2.75. The SMILES string of the molecule is CCc1c(F)cc(CC(C)C(=O)O)cc1OC. The maximum absolute atomic E-state index is 13.7. The molecule has 94 valence electrons. The first-order valence-electron chi connectivity index (χ1n) is 5.57. The number of halogens is 1. The molecule has 1 aromatic rings. The number of carboxylic acids is 1. The van der Waals surface area contributed by atoms with Crippen molar-refractivity contribution in [3.63, 3.8) is 0 Å². The fourth-order valence-electron chi connectivity index (χ4n) is 1.75. The second-order valence-corrected chi connectivity index (χ2v) is 4.06. The highest BCUT2D eigenvalue weighted by molar-refractivity contribution is 5.69. The number of ether oxygens (including phenoxy) is 1. The largest absolute Gasteiger partial charge is 0.496 e. The van der Waals surface area contributed by atoms with E-state index in [0.717, 1.165) is 0 Å². The van der Waals surface area contributed by atoms with Crippen LogP contribution in [0.15, 0.2) is 12.1 Å². The number of rotatable bonds is 5. The molecule has 0 fully saturated rings. The fourth-order valence-corrected chi connectivity index (χ4v) is 1.75. The van der Waals surface area contributed by atoms with Gasteiger partial charge in [-0.1, -0.05) is 13.8 Å². The van der Waals surface area contributed by atoms with Gasteiger partial charge in [0.1, 0.15) is 11.6 Å². The highest BCUT2D eigenvalue weighted by Gasteiger charge is 2.15. The van der Waals surface area contributed by atoms with Crippen LogP contribution in [0.5, 0.6) is 5.75 Å². The minimum atomic E-state index is -0.885. The van der Waals surface area contributed by atoms with Gasteiger partial charge in [0, 0.05) is 5.56 Å². The van der Waals surface area contributed by atoms with Crippen LogP contribution < -0.4 is 4.74 Å². The highest BCUT2D eigenvalue weighted by atomic mass is 19.1. The van der Waals surface area contributed by atoms with Crippen molar-refractivity contribution in [3.05, 3.63) is 29.1 Å². The van der Waals surface area contributed by atoms with E-state index < -0.39 is 11.9 Å². The fraction of sp³-hybridized carbons (Fsp3) is 0.462. The van der Waals surface area contributed by atoms with Crippen LogP contribution in [0.2, 0.25) is 0 Å². The molecule has 0 aliphatic heterocycles. The van der Waals surface area contributed by atoms with Gasteiger partial charge in [0.15, 0.2) is 0 Å². The van der Waals surface area contributed by atoms with Crippen molar-refractivity contribution in [1.29, 1.82) is 0 Å². The van der Waals surface area contributed by atoms with Crippen LogP contribution in [-0.2, 0) is 17.6 Å². The third kappa shape index (κ3) is 3.19. The van der Waals surface area contributed by atoms with Crippen molar-refractivity contribution in [2.45, 2.75) is 26.7 Å². The monoisotopic (exact) mass is 240 g/mol. The number of methoxy groups -OCH3 is 1. The van der Waals surface area contributed by atoms with E-state index in [1.165, 1.54) is 13.2 Å². The van der Waals surface area contributed by atoms with Crippen LogP contribution in [0.1, 0.15) is 25.0 Å². The Bertz CT molecular complexity index is 415. The highest BCUT2D eigenvalue weighted by Crippen LogP contribution is 2.25. The van der Waals surface area contributed by atoms with Crippen LogP contribution in [0.25, 0.3) is 0 Å². The summed E-state index contributed by atoms with van der Waals surface area (Å²) in [7, 11) is 1.48. The second-order valence-electron chi connectivity index (χ2n) is 4.06. The summed E-state index contributed by atoms with van der Waals surface area (Å²) in [6.07, 6.45) is 0.844. The minimum Gasteiger partial charge on any atom is -0.496 e. The lowest BCUT2D eigenvalue weighted by molar-refractivity contribution is -0.141. The Balaban J connectivity index is 3.03. The lowest BCUT2D eigenvalue weighted by Gasteiger charge is -2.12. The van der Waals surface area contributed by atoms with Gasteiger partial charge in [-0.05, 0) is 30.5 Å². The number of benzene rings is 1. The predicted molar refractivity (Wildman–Crippen MR) is 62.8 cm³/mol. The number of hydrogen-bond donors (Lipinski definition) is 1. The molecule has 0 heterocycles. The summed E-state index contributed by atoms with van der Waals surface area (Å²) in [5.41, 5.74) is 1.17. The second kappa shape index (κ2) is 5.66. The first kappa shape index (κ1) is 13.5. The van der Waals surface area contributed by atoms with Gasteiger partial charge in [-0.2, -0.15) is 0 Å². The maximum atomic E-state index is 13.7. The summed E-state index contributed by atoms with van der Waals surface area (Å²) >= 11 is 0. The Kier molecular flexibility index (Phi) is 4.49. The van der Waals surface area contributed by atoms with Gasteiger partial charge in [-0.3, -0.25) is 4.79 Å². The summed E-state index contributed by atoms with van der Waals surface area (Å²) < 4.78 is 18.8. The van der Waals surface area contributed by atoms with Gasteiger partial charge >= 0.3 is 5.97 Å². The maximum Gasteiger partial charge on any atom is 0.306 e. The lowest BCUT2D eigenvalue weighted by Crippen LogP contribution is -2.12. The summed E-state index contributed by atoms with van der Waals surface area (Å²) in [5, 5.41) is 8.81. The lowest BCUT2D eigenvalue weighted by atomic mass is 9.98. The van der Waals surface area contributed by atoms with Gasteiger partial charge in [-0.15, -0.1) is 0 Å². The normalized spacial score (nSPS) is 12.2. The molecule has 0 radical (unpaired) electrons. The van der Waals surface area contributed by atoms with Crippen molar-refractivity contribution < 1.29 is 19.0 Å². The van der Waals surface area contributed by atoms with Crippen LogP contribution in [0.4, 0.5) is 4.39 Å². The molecule has 0 aromatic heterocycles. The number of carboxylic acid groups (broad SMARTS) is 1. The Morgan fingerprint density at radius 1 is 1.53 bits per heavy atom. The molecule has 0 saturated heterocycles. The molecule has 0 bridgehead atoms. The van der Waals surface area contributed by atoms with Crippen molar-refractivity contribution in [1.82, 2.24) is 0 Å². The number of hydrogen-bond acceptors (Lipinski definition) is 2. The summed E-state index contributed by atoms with van der Waals surface area (Å²) in [4.78, 5) is 10.7. The molecular weight excluding hydrogens is 223 g/mol. The Morgan fingerprint density at radius 3 is 2.65 bits per heavy atom. The Morgan fingerprint density at radius 2 is 2.18 bits per heavy atom. The molecule has 1 N–H and O–H groups in total. The molecule has 0 aliphatic carbocycles. The minimum absolute atomic E-state index is 0.298. The summed E-state index contributed by atoms with van der Waals surface area (Å²) in [5.74, 6) is -1.27. The molecule has 1 aromatic carbocycles. The van der Waals surface area contributed by atoms with E-state index in [0.29, 0.717) is 29.7 Å². The molecule has 1 rings (SSSR count). The van der Waals surface area contributed by atoms with Crippen LogP contribution in [0.3, 0.4) is 0 Å². The van der Waals surface area contributed by atoms with E-state index in [1.54, 1.807) is 13.0 Å². The van der Waals surface area contributed by atoms with E-state index in [9.17, 15) is 9.18 Å². The topological polar surface area (TPSA) is 46.5 Å². The van der Waals surface area contributed by atoms with Crippen molar-refractivity contribution >= 4 is 5.97 Å². The quantitative estimate of drug-likeness (QED) is 0.860. The third-order valence-electron chi connectivity index (χ3n) is 2.75. The molecule has 1 unspecified atom stereocenters. The molecular formula is C13H17FO3. The Labute approximate surface area is 100 Å². The van der Waals surface area contributed by atoms with Crippen LogP contribution in [0, 0.1) is 11.7 Å². The number of aliphatic carboxylic acids is 1. The van der Waals surface area contributed by atoms with Crippen LogP contribution in [-0.4, -0.2) is 18.2 Å². The summed E-state index contributed by atoms with van der Waals surface area (Å²) in [6, 6.07) is 3.10. The van der Waals surface area contributed by atoms with Crippen molar-refractivity contribution in [3.8, 4) is 5.75 Å². The van der Waals surface area contributed by atoms with E-state index in [-0.39, 0.29) is 5.82 Å². The Hall–Kier alpha value is -1.58.